The highest BCUT2D eigenvalue weighted by atomic mass is 32.2. The first-order chi connectivity index (χ1) is 13.6. The lowest BCUT2D eigenvalue weighted by atomic mass is 9.86. The predicted octanol–water partition coefficient (Wildman–Crippen LogP) is 2.37. The van der Waals surface area contributed by atoms with Crippen LogP contribution in [0.25, 0.3) is 0 Å². The average Bonchev–Trinajstić information content (AvgIpc) is 3.06. The molecule has 1 heterocycles. The Hall–Kier alpha value is -2.42. The minimum absolute atomic E-state index is 0.000862. The Balaban J connectivity index is 1.49. The molecule has 28 heavy (non-hydrogen) atoms. The number of thioether (sulfide) groups is 1. The molecule has 8 nitrogen and oxygen atoms in total. The summed E-state index contributed by atoms with van der Waals surface area (Å²) in [6, 6.07) is 7.56. The van der Waals surface area contributed by atoms with Crippen molar-refractivity contribution >= 4 is 17.7 Å². The van der Waals surface area contributed by atoms with Gasteiger partial charge in [0.05, 0.1) is 12.9 Å². The van der Waals surface area contributed by atoms with Crippen LogP contribution in [0.1, 0.15) is 38.4 Å². The summed E-state index contributed by atoms with van der Waals surface area (Å²) in [7, 11) is 1.60. The molecule has 1 aliphatic carbocycles. The first kappa shape index (κ1) is 20.3. The van der Waals surface area contributed by atoms with E-state index in [1.165, 1.54) is 35.7 Å². The molecular formula is C19H27N5O3S. The fraction of sp³-hybridized carbons (Fsp3) is 0.526. The lowest BCUT2D eigenvalue weighted by Crippen LogP contribution is -2.41. The second-order valence-electron chi connectivity index (χ2n) is 6.96. The summed E-state index contributed by atoms with van der Waals surface area (Å²) in [6.07, 6.45) is 4.65. The van der Waals surface area contributed by atoms with Crippen LogP contribution in [0.15, 0.2) is 29.4 Å². The Morgan fingerprint density at radius 2 is 2.11 bits per heavy atom. The Labute approximate surface area is 169 Å². The molecule has 3 rings (SSSR count). The Kier molecular flexibility index (Phi) is 7.02. The van der Waals surface area contributed by atoms with Crippen molar-refractivity contribution < 1.29 is 14.3 Å². The molecular weight excluding hydrogens is 378 g/mol. The van der Waals surface area contributed by atoms with Gasteiger partial charge in [-0.05, 0) is 30.9 Å². The number of nitrogens with zero attached hydrogens (tertiary/aromatic N) is 3. The zero-order valence-electron chi connectivity index (χ0n) is 16.3. The first-order valence-corrected chi connectivity index (χ1v) is 10.4. The van der Waals surface area contributed by atoms with Crippen molar-refractivity contribution in [2.24, 2.45) is 5.92 Å². The van der Waals surface area contributed by atoms with Crippen molar-refractivity contribution in [3.05, 3.63) is 30.1 Å². The van der Waals surface area contributed by atoms with E-state index in [9.17, 15) is 4.79 Å². The average molecular weight is 406 g/mol. The van der Waals surface area contributed by atoms with E-state index in [1.807, 2.05) is 18.2 Å². The zero-order valence-corrected chi connectivity index (χ0v) is 17.1. The lowest BCUT2D eigenvalue weighted by Gasteiger charge is -2.29. The van der Waals surface area contributed by atoms with Crippen LogP contribution in [-0.2, 0) is 11.4 Å². The molecule has 3 N–H and O–H groups in total. The van der Waals surface area contributed by atoms with Gasteiger partial charge in [0, 0.05) is 12.1 Å². The van der Waals surface area contributed by atoms with Gasteiger partial charge in [0.1, 0.15) is 18.1 Å². The monoisotopic (exact) mass is 405 g/mol. The van der Waals surface area contributed by atoms with Crippen molar-refractivity contribution in [2.45, 2.75) is 50.4 Å². The number of hydrogen-bond acceptors (Lipinski definition) is 7. The van der Waals surface area contributed by atoms with Crippen molar-refractivity contribution in [2.75, 3.05) is 18.7 Å². The van der Waals surface area contributed by atoms with Gasteiger partial charge in [-0.3, -0.25) is 4.79 Å². The quantitative estimate of drug-likeness (QED) is 0.513. The van der Waals surface area contributed by atoms with Crippen molar-refractivity contribution in [1.29, 1.82) is 0 Å². The van der Waals surface area contributed by atoms with E-state index in [1.54, 1.807) is 13.2 Å². The second kappa shape index (κ2) is 9.68. The number of nitrogen functional groups attached to an aromatic ring is 1. The third kappa shape index (κ3) is 5.31. The maximum atomic E-state index is 12.3. The van der Waals surface area contributed by atoms with E-state index < -0.39 is 0 Å². The molecule has 0 bridgehead atoms. The molecule has 2 aromatic rings. The van der Waals surface area contributed by atoms with E-state index in [0.717, 1.165) is 6.42 Å². The van der Waals surface area contributed by atoms with Crippen LogP contribution in [0, 0.1) is 5.92 Å². The van der Waals surface area contributed by atoms with Gasteiger partial charge in [0.15, 0.2) is 5.82 Å². The van der Waals surface area contributed by atoms with E-state index >= 15 is 0 Å². The largest absolute Gasteiger partial charge is 0.497 e. The normalized spacial score (nSPS) is 19.2. The number of carbonyl (C=O) groups is 1. The number of carbonyl (C=O) groups excluding carboxylic acids is 1. The number of amides is 1. The number of ether oxygens (including phenoxy) is 2. The second-order valence-corrected chi connectivity index (χ2v) is 7.90. The third-order valence-electron chi connectivity index (χ3n) is 4.93. The number of nitrogens with one attached hydrogen (secondary N) is 1. The minimum atomic E-state index is 0.000862. The van der Waals surface area contributed by atoms with Crippen LogP contribution in [0.4, 0.5) is 0 Å². The Bertz CT molecular complexity index is 798. The fourth-order valence-corrected chi connectivity index (χ4v) is 3.94. The van der Waals surface area contributed by atoms with E-state index in [0.29, 0.717) is 28.4 Å². The van der Waals surface area contributed by atoms with Crippen LogP contribution in [0.3, 0.4) is 0 Å². The number of hydrogen-bond donors (Lipinski definition) is 2. The summed E-state index contributed by atoms with van der Waals surface area (Å²) < 4.78 is 12.2. The molecule has 0 radical (unpaired) electrons. The highest BCUT2D eigenvalue weighted by molar-refractivity contribution is 7.99. The van der Waals surface area contributed by atoms with E-state index in [4.69, 9.17) is 15.3 Å². The van der Waals surface area contributed by atoms with Crippen LogP contribution in [0.5, 0.6) is 11.5 Å². The fourth-order valence-electron chi connectivity index (χ4n) is 3.25. The van der Waals surface area contributed by atoms with Gasteiger partial charge in [-0.1, -0.05) is 37.6 Å². The van der Waals surface area contributed by atoms with Gasteiger partial charge < -0.3 is 20.6 Å². The maximum Gasteiger partial charge on any atom is 0.230 e. The molecule has 0 saturated heterocycles. The molecule has 152 valence electrons. The molecule has 1 aliphatic rings. The molecule has 1 saturated carbocycles. The summed E-state index contributed by atoms with van der Waals surface area (Å²) in [5.74, 6) is 8.68. The molecule has 1 fully saturated rings. The molecule has 9 heteroatoms. The summed E-state index contributed by atoms with van der Waals surface area (Å²) in [4.78, 5) is 12.3. The summed E-state index contributed by atoms with van der Waals surface area (Å²) >= 11 is 1.27. The number of benzene rings is 1. The Morgan fingerprint density at radius 3 is 2.89 bits per heavy atom. The van der Waals surface area contributed by atoms with Crippen LogP contribution in [0.2, 0.25) is 0 Å². The number of nitrogens with two attached hydrogens (primary N) is 1. The highest BCUT2D eigenvalue weighted by Gasteiger charge is 2.23. The zero-order chi connectivity index (χ0) is 19.9. The van der Waals surface area contributed by atoms with Crippen molar-refractivity contribution in [3.8, 4) is 11.5 Å². The predicted molar refractivity (Wildman–Crippen MR) is 108 cm³/mol. The van der Waals surface area contributed by atoms with Gasteiger partial charge >= 0.3 is 0 Å². The smallest absolute Gasteiger partial charge is 0.230 e. The number of aromatic nitrogens is 3. The Morgan fingerprint density at radius 1 is 1.32 bits per heavy atom. The summed E-state index contributed by atoms with van der Waals surface area (Å²) in [6.45, 7) is 2.37. The summed E-state index contributed by atoms with van der Waals surface area (Å²) in [5, 5.41) is 11.7. The van der Waals surface area contributed by atoms with Crippen LogP contribution in [-0.4, -0.2) is 39.7 Å². The summed E-state index contributed by atoms with van der Waals surface area (Å²) in [5.41, 5.74) is 0. The molecule has 1 aromatic carbocycles. The SMILES string of the molecule is COc1cccc(OCc2nnc(SCC(=O)N[C@H]3CCCC[C@@H]3C)n2N)c1. The lowest BCUT2D eigenvalue weighted by molar-refractivity contribution is -0.119. The number of methoxy groups -OCH3 is 1. The highest BCUT2D eigenvalue weighted by Crippen LogP contribution is 2.24. The van der Waals surface area contributed by atoms with Crippen molar-refractivity contribution in [3.63, 3.8) is 0 Å². The minimum Gasteiger partial charge on any atom is -0.497 e. The van der Waals surface area contributed by atoms with Crippen molar-refractivity contribution in [1.82, 2.24) is 20.2 Å². The molecule has 2 atom stereocenters. The van der Waals surface area contributed by atoms with E-state index in [2.05, 4.69) is 22.4 Å². The van der Waals surface area contributed by atoms with Gasteiger partial charge in [-0.25, -0.2) is 4.68 Å². The van der Waals surface area contributed by atoms with Gasteiger partial charge in [0.2, 0.25) is 11.1 Å². The number of rotatable bonds is 8. The molecule has 0 spiro atoms. The van der Waals surface area contributed by atoms with Gasteiger partial charge in [-0.15, -0.1) is 10.2 Å². The maximum absolute atomic E-state index is 12.3. The van der Waals surface area contributed by atoms with Crippen LogP contribution >= 0.6 is 11.8 Å². The first-order valence-electron chi connectivity index (χ1n) is 9.45. The van der Waals surface area contributed by atoms with Crippen LogP contribution < -0.4 is 20.6 Å². The van der Waals surface area contributed by atoms with E-state index in [-0.39, 0.29) is 24.3 Å². The molecule has 0 aliphatic heterocycles. The van der Waals surface area contributed by atoms with Gasteiger partial charge in [-0.2, -0.15) is 0 Å². The standard InChI is InChI=1S/C19H27N5O3S/c1-13-6-3-4-9-16(13)21-18(25)12-28-19-23-22-17(24(19)20)11-27-15-8-5-7-14(10-15)26-2/h5,7-8,10,13,16H,3-4,6,9,11-12,20H2,1-2H3,(H,21,25)/t13-,16-/m0/s1. The molecule has 1 amide bonds. The topological polar surface area (TPSA) is 104 Å². The third-order valence-corrected chi connectivity index (χ3v) is 5.88. The molecule has 0 unspecified atom stereocenters. The van der Waals surface area contributed by atoms with Gasteiger partial charge in [0.25, 0.3) is 0 Å². The molecule has 1 aromatic heterocycles.